The second kappa shape index (κ2) is 5.79. The molecular weight excluding hydrogens is 214 g/mol. The van der Waals surface area contributed by atoms with Gasteiger partial charge < -0.3 is 5.73 Å². The lowest BCUT2D eigenvalue weighted by Gasteiger charge is -2.21. The third-order valence-electron chi connectivity index (χ3n) is 1.64. The van der Waals surface area contributed by atoms with E-state index in [4.69, 9.17) is 5.73 Å². The number of nitrogens with one attached hydrogen (secondary N) is 2. The van der Waals surface area contributed by atoms with Crippen LogP contribution in [-0.4, -0.2) is 26.5 Å². The van der Waals surface area contributed by atoms with Crippen LogP contribution in [0.4, 0.5) is 0 Å². The normalized spacial score (nSPS) is 15.3. The first kappa shape index (κ1) is 14.8. The lowest BCUT2D eigenvalue weighted by Crippen LogP contribution is -2.49. The molecule has 4 N–H and O–H groups in total. The molecule has 0 aliphatic rings. The third kappa shape index (κ3) is 8.80. The highest BCUT2D eigenvalue weighted by Gasteiger charge is 2.19. The van der Waals surface area contributed by atoms with Gasteiger partial charge in [0.1, 0.15) is 0 Å². The van der Waals surface area contributed by atoms with Crippen LogP contribution in [-0.2, 0) is 10.2 Å². The molecule has 0 aliphatic carbocycles. The summed E-state index contributed by atoms with van der Waals surface area (Å²) in [6.07, 6.45) is 1.77. The summed E-state index contributed by atoms with van der Waals surface area (Å²) in [4.78, 5) is 0. The molecule has 92 valence electrons. The zero-order chi connectivity index (χ0) is 12.1. The fourth-order valence-electron chi connectivity index (χ4n) is 1.13. The van der Waals surface area contributed by atoms with Gasteiger partial charge >= 0.3 is 0 Å². The standard InChI is InChI=1S/C9H23N3O2S/c1-5-6-8(10)7-11-15(13,14)12-9(2,3)4/h8,11-12H,5-7,10H2,1-4H3. The third-order valence-corrected chi connectivity index (χ3v) is 3.06. The minimum absolute atomic E-state index is 0.119. The summed E-state index contributed by atoms with van der Waals surface area (Å²) in [5, 5.41) is 0. The second-order valence-corrected chi connectivity index (χ2v) is 6.25. The van der Waals surface area contributed by atoms with E-state index in [1.165, 1.54) is 0 Å². The minimum Gasteiger partial charge on any atom is -0.327 e. The Morgan fingerprint density at radius 2 is 1.87 bits per heavy atom. The lowest BCUT2D eigenvalue weighted by atomic mass is 10.1. The van der Waals surface area contributed by atoms with Crippen molar-refractivity contribution in [2.24, 2.45) is 5.73 Å². The van der Waals surface area contributed by atoms with Gasteiger partial charge in [0.2, 0.25) is 0 Å². The molecule has 0 saturated carbocycles. The minimum atomic E-state index is -3.43. The molecule has 0 spiro atoms. The highest BCUT2D eigenvalue weighted by atomic mass is 32.2. The molecule has 0 saturated heterocycles. The van der Waals surface area contributed by atoms with Gasteiger partial charge in [-0.25, -0.2) is 4.72 Å². The maximum Gasteiger partial charge on any atom is 0.277 e. The zero-order valence-corrected chi connectivity index (χ0v) is 10.8. The molecule has 0 aromatic carbocycles. The Morgan fingerprint density at radius 3 is 2.27 bits per heavy atom. The molecule has 1 atom stereocenters. The molecule has 0 rings (SSSR count). The molecule has 0 bridgehead atoms. The van der Waals surface area contributed by atoms with Crippen LogP contribution in [0.15, 0.2) is 0 Å². The fourth-order valence-corrected chi connectivity index (χ4v) is 2.44. The summed E-state index contributed by atoms with van der Waals surface area (Å²) >= 11 is 0. The van der Waals surface area contributed by atoms with E-state index < -0.39 is 15.7 Å². The quantitative estimate of drug-likeness (QED) is 0.622. The number of hydrogen-bond acceptors (Lipinski definition) is 3. The van der Waals surface area contributed by atoms with Gasteiger partial charge in [-0.15, -0.1) is 0 Å². The smallest absolute Gasteiger partial charge is 0.277 e. The van der Waals surface area contributed by atoms with Crippen LogP contribution in [0.25, 0.3) is 0 Å². The molecule has 1 unspecified atom stereocenters. The SMILES string of the molecule is CCCC(N)CNS(=O)(=O)NC(C)(C)C. The lowest BCUT2D eigenvalue weighted by molar-refractivity contribution is 0.478. The zero-order valence-electron chi connectivity index (χ0n) is 10.0. The average molecular weight is 237 g/mol. The Hall–Kier alpha value is -0.170. The van der Waals surface area contributed by atoms with Crippen molar-refractivity contribution in [2.75, 3.05) is 6.54 Å². The summed E-state index contributed by atoms with van der Waals surface area (Å²) < 4.78 is 27.9. The molecule has 6 heteroatoms. The van der Waals surface area contributed by atoms with Gasteiger partial charge in [-0.3, -0.25) is 0 Å². The van der Waals surface area contributed by atoms with Crippen molar-refractivity contribution >= 4 is 10.2 Å². The summed E-state index contributed by atoms with van der Waals surface area (Å²) in [6, 6.07) is -0.119. The predicted octanol–water partition coefficient (Wildman–Crippen LogP) is 0.336. The van der Waals surface area contributed by atoms with E-state index in [0.717, 1.165) is 12.8 Å². The highest BCUT2D eigenvalue weighted by molar-refractivity contribution is 7.87. The Kier molecular flexibility index (Phi) is 5.72. The molecule has 0 aromatic heterocycles. The van der Waals surface area contributed by atoms with Crippen molar-refractivity contribution in [3.05, 3.63) is 0 Å². The molecule has 0 aliphatic heterocycles. The molecule has 0 radical (unpaired) electrons. The molecule has 15 heavy (non-hydrogen) atoms. The Morgan fingerprint density at radius 1 is 1.33 bits per heavy atom. The summed E-state index contributed by atoms with van der Waals surface area (Å²) in [5.41, 5.74) is 5.23. The first-order valence-corrected chi connectivity index (χ1v) is 6.69. The predicted molar refractivity (Wildman–Crippen MR) is 62.7 cm³/mol. The number of rotatable bonds is 6. The molecule has 0 amide bonds. The summed E-state index contributed by atoms with van der Waals surface area (Å²) in [6.45, 7) is 7.66. The molecule has 5 nitrogen and oxygen atoms in total. The fraction of sp³-hybridized carbons (Fsp3) is 1.00. The van der Waals surface area contributed by atoms with Crippen LogP contribution >= 0.6 is 0 Å². The van der Waals surface area contributed by atoms with Gasteiger partial charge in [-0.2, -0.15) is 13.1 Å². The van der Waals surface area contributed by atoms with Crippen molar-refractivity contribution in [3.8, 4) is 0 Å². The van der Waals surface area contributed by atoms with E-state index in [-0.39, 0.29) is 12.6 Å². The number of nitrogens with two attached hydrogens (primary N) is 1. The van der Waals surface area contributed by atoms with Gasteiger partial charge in [0.15, 0.2) is 0 Å². The highest BCUT2D eigenvalue weighted by Crippen LogP contribution is 2.00. The molecular formula is C9H23N3O2S. The second-order valence-electron chi connectivity index (χ2n) is 4.75. The van der Waals surface area contributed by atoms with Crippen molar-refractivity contribution in [1.82, 2.24) is 9.44 Å². The van der Waals surface area contributed by atoms with Crippen LogP contribution in [0.3, 0.4) is 0 Å². The van der Waals surface area contributed by atoms with E-state index in [0.29, 0.717) is 0 Å². The maximum atomic E-state index is 11.5. The summed E-state index contributed by atoms with van der Waals surface area (Å²) in [7, 11) is -3.43. The van der Waals surface area contributed by atoms with Crippen molar-refractivity contribution in [3.63, 3.8) is 0 Å². The number of hydrogen-bond donors (Lipinski definition) is 3. The Balaban J connectivity index is 4.06. The van der Waals surface area contributed by atoms with E-state index in [1.54, 1.807) is 20.8 Å². The molecule has 0 fully saturated rings. The maximum absolute atomic E-state index is 11.5. The molecule has 0 aromatic rings. The van der Waals surface area contributed by atoms with Gasteiger partial charge in [-0.05, 0) is 27.2 Å². The van der Waals surface area contributed by atoms with Crippen LogP contribution in [0, 0.1) is 0 Å². The first-order valence-electron chi connectivity index (χ1n) is 5.20. The largest absolute Gasteiger partial charge is 0.327 e. The monoisotopic (exact) mass is 237 g/mol. The van der Waals surface area contributed by atoms with E-state index in [9.17, 15) is 8.42 Å². The van der Waals surface area contributed by atoms with Gasteiger partial charge in [0.05, 0.1) is 0 Å². The van der Waals surface area contributed by atoms with Crippen LogP contribution < -0.4 is 15.2 Å². The summed E-state index contributed by atoms with van der Waals surface area (Å²) in [5.74, 6) is 0. The van der Waals surface area contributed by atoms with Gasteiger partial charge in [-0.1, -0.05) is 13.3 Å². The van der Waals surface area contributed by atoms with Crippen LogP contribution in [0.1, 0.15) is 40.5 Å². The van der Waals surface area contributed by atoms with Crippen LogP contribution in [0.5, 0.6) is 0 Å². The van der Waals surface area contributed by atoms with E-state index >= 15 is 0 Å². The van der Waals surface area contributed by atoms with E-state index in [1.807, 2.05) is 6.92 Å². The van der Waals surface area contributed by atoms with Gasteiger partial charge in [0.25, 0.3) is 10.2 Å². The van der Waals surface area contributed by atoms with Crippen molar-refractivity contribution in [2.45, 2.75) is 52.1 Å². The van der Waals surface area contributed by atoms with Crippen LogP contribution in [0.2, 0.25) is 0 Å². The average Bonchev–Trinajstić information content (AvgIpc) is 1.97. The first-order chi connectivity index (χ1) is 6.66. The van der Waals surface area contributed by atoms with E-state index in [2.05, 4.69) is 9.44 Å². The topological polar surface area (TPSA) is 84.2 Å². The Bertz CT molecular complexity index is 270. The van der Waals surface area contributed by atoms with Crippen molar-refractivity contribution < 1.29 is 8.42 Å². The molecule has 0 heterocycles. The van der Waals surface area contributed by atoms with Crippen molar-refractivity contribution in [1.29, 1.82) is 0 Å². The van der Waals surface area contributed by atoms with Gasteiger partial charge in [0, 0.05) is 18.1 Å². The Labute approximate surface area is 93.0 Å².